The first kappa shape index (κ1) is 17.6. The van der Waals surface area contributed by atoms with Gasteiger partial charge in [0.1, 0.15) is 11.9 Å². The smallest absolute Gasteiger partial charge is 0.326 e. The van der Waals surface area contributed by atoms with E-state index < -0.39 is 17.9 Å². The number of hydrogen-bond acceptors (Lipinski definition) is 4. The normalized spacial score (nSPS) is 13.3. The van der Waals surface area contributed by atoms with Crippen LogP contribution in [0.3, 0.4) is 0 Å². The number of hydrogen-bond donors (Lipinski definition) is 2. The van der Waals surface area contributed by atoms with Gasteiger partial charge >= 0.3 is 5.97 Å². The monoisotopic (exact) mass is 334 g/mol. The number of nitrogens with zero attached hydrogens (tertiary/aromatic N) is 3. The molecular weight excluding hydrogens is 315 g/mol. The fourth-order valence-electron chi connectivity index (χ4n) is 2.20. The lowest BCUT2D eigenvalue weighted by Crippen LogP contribution is -2.45. The van der Waals surface area contributed by atoms with Crippen molar-refractivity contribution >= 4 is 11.9 Å². The molecule has 0 aliphatic carbocycles. The highest BCUT2D eigenvalue weighted by molar-refractivity contribution is 5.94. The molecule has 0 bridgehead atoms. The van der Waals surface area contributed by atoms with Crippen LogP contribution in [-0.4, -0.2) is 38.0 Å². The average molecular weight is 334 g/mol. The minimum absolute atomic E-state index is 0.0148. The van der Waals surface area contributed by atoms with Gasteiger partial charge < -0.3 is 10.4 Å². The quantitative estimate of drug-likeness (QED) is 0.803. The molecule has 128 valence electrons. The van der Waals surface area contributed by atoms with Crippen LogP contribution in [0.25, 0.3) is 0 Å². The maximum Gasteiger partial charge on any atom is 0.326 e. The second kappa shape index (κ2) is 7.67. The van der Waals surface area contributed by atoms with E-state index in [4.69, 9.17) is 0 Å². The third-order valence-electron chi connectivity index (χ3n) is 3.77. The van der Waals surface area contributed by atoms with Crippen LogP contribution < -0.4 is 5.32 Å². The molecule has 0 saturated carbocycles. The summed E-state index contributed by atoms with van der Waals surface area (Å²) in [5.41, 5.74) is 0.691. The van der Waals surface area contributed by atoms with E-state index in [9.17, 15) is 19.1 Å². The minimum atomic E-state index is -1.09. The lowest BCUT2D eigenvalue weighted by Gasteiger charge is -2.19. The first-order valence-electron chi connectivity index (χ1n) is 7.59. The van der Waals surface area contributed by atoms with Crippen LogP contribution in [0.5, 0.6) is 0 Å². The van der Waals surface area contributed by atoms with Gasteiger partial charge in [0.05, 0.1) is 12.7 Å². The van der Waals surface area contributed by atoms with Gasteiger partial charge in [-0.05, 0) is 23.6 Å². The van der Waals surface area contributed by atoms with Crippen molar-refractivity contribution in [3.05, 3.63) is 47.5 Å². The number of rotatable bonds is 7. The number of aromatic nitrogens is 3. The Morgan fingerprint density at radius 3 is 2.79 bits per heavy atom. The summed E-state index contributed by atoms with van der Waals surface area (Å²) >= 11 is 0. The van der Waals surface area contributed by atoms with Crippen molar-refractivity contribution in [3.63, 3.8) is 0 Å². The number of carbonyl (C=O) groups is 2. The number of nitrogens with one attached hydrogen (secondary N) is 1. The molecule has 1 aromatic carbocycles. The molecule has 0 fully saturated rings. The number of amides is 1. The molecule has 0 saturated heterocycles. The highest BCUT2D eigenvalue weighted by atomic mass is 19.1. The Labute approximate surface area is 138 Å². The van der Waals surface area contributed by atoms with E-state index in [-0.39, 0.29) is 24.0 Å². The number of benzene rings is 1. The largest absolute Gasteiger partial charge is 0.480 e. The van der Waals surface area contributed by atoms with E-state index >= 15 is 0 Å². The molecule has 0 aliphatic rings. The summed E-state index contributed by atoms with van der Waals surface area (Å²) in [6.45, 7) is 3.85. The van der Waals surface area contributed by atoms with Crippen molar-refractivity contribution in [1.82, 2.24) is 20.3 Å². The topological polar surface area (TPSA) is 97.1 Å². The number of halogens is 1. The third kappa shape index (κ3) is 4.37. The lowest BCUT2D eigenvalue weighted by atomic mass is 9.99. The Kier molecular flexibility index (Phi) is 5.62. The van der Waals surface area contributed by atoms with E-state index in [1.807, 2.05) is 6.92 Å². The van der Waals surface area contributed by atoms with Crippen LogP contribution in [0.2, 0.25) is 0 Å². The SMILES string of the molecule is CC[C@H](C)[C@H](NC(=O)c1cn(Cc2cccc(F)c2)nn1)C(=O)O. The minimum Gasteiger partial charge on any atom is -0.480 e. The highest BCUT2D eigenvalue weighted by Gasteiger charge is 2.26. The number of carbonyl (C=O) groups excluding carboxylic acids is 1. The fourth-order valence-corrected chi connectivity index (χ4v) is 2.20. The van der Waals surface area contributed by atoms with Gasteiger partial charge in [-0.3, -0.25) is 4.79 Å². The van der Waals surface area contributed by atoms with Gasteiger partial charge in [0.15, 0.2) is 5.69 Å². The molecule has 0 spiro atoms. The van der Waals surface area contributed by atoms with Crippen molar-refractivity contribution < 1.29 is 19.1 Å². The Bertz CT molecular complexity index is 732. The first-order valence-corrected chi connectivity index (χ1v) is 7.59. The molecule has 24 heavy (non-hydrogen) atoms. The third-order valence-corrected chi connectivity index (χ3v) is 3.77. The van der Waals surface area contributed by atoms with Crippen LogP contribution >= 0.6 is 0 Å². The zero-order valence-corrected chi connectivity index (χ0v) is 13.4. The van der Waals surface area contributed by atoms with Gasteiger partial charge in [0.2, 0.25) is 0 Å². The summed E-state index contributed by atoms with van der Waals surface area (Å²) in [7, 11) is 0. The van der Waals surface area contributed by atoms with Gasteiger partial charge in [-0.25, -0.2) is 13.9 Å². The molecule has 1 heterocycles. The summed E-state index contributed by atoms with van der Waals surface area (Å²) in [6, 6.07) is 5.03. The second-order valence-electron chi connectivity index (χ2n) is 5.61. The summed E-state index contributed by atoms with van der Waals surface area (Å²) in [5, 5.41) is 19.2. The van der Waals surface area contributed by atoms with Crippen LogP contribution in [-0.2, 0) is 11.3 Å². The van der Waals surface area contributed by atoms with E-state index in [0.29, 0.717) is 12.0 Å². The molecule has 0 radical (unpaired) electrons. The van der Waals surface area contributed by atoms with Gasteiger partial charge in [0.25, 0.3) is 5.91 Å². The maximum atomic E-state index is 13.2. The number of aliphatic carboxylic acids is 1. The standard InChI is InChI=1S/C16H19FN4O3/c1-3-10(2)14(16(23)24)18-15(22)13-9-21(20-19-13)8-11-5-4-6-12(17)7-11/h4-7,9-10,14H,3,8H2,1-2H3,(H,18,22)(H,23,24)/t10-,14-/m0/s1. The molecule has 0 unspecified atom stereocenters. The summed E-state index contributed by atoms with van der Waals surface area (Å²) in [4.78, 5) is 23.4. The van der Waals surface area contributed by atoms with Crippen LogP contribution in [0.4, 0.5) is 4.39 Å². The Morgan fingerprint density at radius 1 is 1.42 bits per heavy atom. The summed E-state index contributed by atoms with van der Waals surface area (Å²) in [5.74, 6) is -2.27. The zero-order valence-electron chi connectivity index (χ0n) is 13.4. The molecular formula is C16H19FN4O3. The predicted octanol–water partition coefficient (Wildman–Crippen LogP) is 1.69. The van der Waals surface area contributed by atoms with E-state index in [1.54, 1.807) is 19.1 Å². The molecule has 2 atom stereocenters. The van der Waals surface area contributed by atoms with Gasteiger partial charge in [0, 0.05) is 0 Å². The average Bonchev–Trinajstić information content (AvgIpc) is 3.00. The van der Waals surface area contributed by atoms with Crippen molar-refractivity contribution in [3.8, 4) is 0 Å². The summed E-state index contributed by atoms with van der Waals surface area (Å²) < 4.78 is 14.6. The Balaban J connectivity index is 2.06. The highest BCUT2D eigenvalue weighted by Crippen LogP contribution is 2.09. The van der Waals surface area contributed by atoms with E-state index in [1.165, 1.54) is 23.0 Å². The zero-order chi connectivity index (χ0) is 17.7. The molecule has 0 aliphatic heterocycles. The maximum absolute atomic E-state index is 13.2. The lowest BCUT2D eigenvalue weighted by molar-refractivity contribution is -0.140. The summed E-state index contributed by atoms with van der Waals surface area (Å²) in [6.07, 6.45) is 2.01. The molecule has 1 amide bonds. The van der Waals surface area contributed by atoms with Crippen molar-refractivity contribution in [2.45, 2.75) is 32.9 Å². The molecule has 2 rings (SSSR count). The van der Waals surface area contributed by atoms with E-state index in [2.05, 4.69) is 15.6 Å². The Hall–Kier alpha value is -2.77. The van der Waals surface area contributed by atoms with Gasteiger partial charge in [-0.1, -0.05) is 37.6 Å². The van der Waals surface area contributed by atoms with Gasteiger partial charge in [-0.15, -0.1) is 5.10 Å². The Morgan fingerprint density at radius 2 is 2.17 bits per heavy atom. The fraction of sp³-hybridized carbons (Fsp3) is 0.375. The number of carboxylic acids is 1. The predicted molar refractivity (Wildman–Crippen MR) is 83.9 cm³/mol. The van der Waals surface area contributed by atoms with Crippen molar-refractivity contribution in [1.29, 1.82) is 0 Å². The molecule has 2 aromatic rings. The molecule has 8 heteroatoms. The molecule has 2 N–H and O–H groups in total. The van der Waals surface area contributed by atoms with Crippen molar-refractivity contribution in [2.24, 2.45) is 5.92 Å². The molecule has 7 nitrogen and oxygen atoms in total. The van der Waals surface area contributed by atoms with E-state index in [0.717, 1.165) is 0 Å². The van der Waals surface area contributed by atoms with Crippen molar-refractivity contribution in [2.75, 3.05) is 0 Å². The second-order valence-corrected chi connectivity index (χ2v) is 5.61. The first-order chi connectivity index (χ1) is 11.4. The van der Waals surface area contributed by atoms with Crippen LogP contribution in [0, 0.1) is 11.7 Å². The number of carboxylic acid groups (broad SMARTS) is 1. The van der Waals surface area contributed by atoms with Gasteiger partial charge in [-0.2, -0.15) is 0 Å². The van der Waals surface area contributed by atoms with Crippen LogP contribution in [0.15, 0.2) is 30.5 Å². The van der Waals surface area contributed by atoms with Crippen LogP contribution in [0.1, 0.15) is 36.3 Å². The molecule has 1 aromatic heterocycles.